The van der Waals surface area contributed by atoms with Crippen molar-refractivity contribution in [2.75, 3.05) is 40.0 Å². The smallest absolute Gasteiger partial charge is 0.307 e. The molecule has 0 aromatic carbocycles. The molecule has 4 fully saturated rings. The fourth-order valence-electron chi connectivity index (χ4n) is 13.0. The second-order valence-corrected chi connectivity index (χ2v) is 20.7. The van der Waals surface area contributed by atoms with E-state index in [0.29, 0.717) is 45.1 Å². The molecule has 1 aromatic rings. The summed E-state index contributed by atoms with van der Waals surface area (Å²) in [6.45, 7) is 26.7. The Kier molecular flexibility index (Phi) is 10.7. The third-order valence-electron chi connectivity index (χ3n) is 17.2. The monoisotopic (exact) mass is 754 g/mol. The molecule has 2 heterocycles. The van der Waals surface area contributed by atoms with Crippen molar-refractivity contribution >= 4 is 11.9 Å². The van der Waals surface area contributed by atoms with Crippen LogP contribution < -0.4 is 10.6 Å². The van der Waals surface area contributed by atoms with Crippen molar-refractivity contribution in [2.45, 2.75) is 132 Å². The number of rotatable bonds is 11. The first-order valence-electron chi connectivity index (χ1n) is 20.7. The molecule has 1 aromatic heterocycles. The summed E-state index contributed by atoms with van der Waals surface area (Å²) >= 11 is 0. The molecule has 0 unspecified atom stereocenters. The van der Waals surface area contributed by atoms with E-state index in [1.807, 2.05) is 4.68 Å². The van der Waals surface area contributed by atoms with E-state index in [1.165, 1.54) is 11.9 Å². The molecule has 11 heteroatoms. The van der Waals surface area contributed by atoms with Crippen molar-refractivity contribution in [3.8, 4) is 0 Å². The van der Waals surface area contributed by atoms with E-state index in [-0.39, 0.29) is 63.8 Å². The zero-order chi connectivity index (χ0) is 39.9. The van der Waals surface area contributed by atoms with E-state index in [2.05, 4.69) is 97.9 Å². The largest absolute Gasteiger partial charge is 0.481 e. The van der Waals surface area contributed by atoms with Gasteiger partial charge in [-0.1, -0.05) is 80.9 Å². The van der Waals surface area contributed by atoms with Crippen LogP contribution in [0.4, 0.5) is 0 Å². The van der Waals surface area contributed by atoms with Crippen molar-refractivity contribution in [3.63, 3.8) is 0 Å². The number of carboxylic acid groups (broad SMARTS) is 1. The highest BCUT2D eigenvalue weighted by Crippen LogP contribution is 2.75. The lowest BCUT2D eigenvalue weighted by atomic mass is 9.34. The first-order chi connectivity index (χ1) is 25.1. The van der Waals surface area contributed by atoms with Gasteiger partial charge >= 0.3 is 5.97 Å². The summed E-state index contributed by atoms with van der Waals surface area (Å²) in [4.78, 5) is 31.4. The molecule has 54 heavy (non-hydrogen) atoms. The third kappa shape index (κ3) is 5.86. The Morgan fingerprint density at radius 3 is 2.39 bits per heavy atom. The number of hydrogen-bond acceptors (Lipinski definition) is 8. The number of carbonyl (C=O) groups is 2. The second kappa shape index (κ2) is 13.9. The van der Waals surface area contributed by atoms with Gasteiger partial charge in [-0.2, -0.15) is 5.10 Å². The molecule has 304 valence electrons. The number of β-amino-alcohol motifs (C(OH)–C–C–N with tert-alkyl or cyclic N) is 1. The molecule has 1 saturated heterocycles. The minimum Gasteiger partial charge on any atom is -0.481 e. The lowest BCUT2D eigenvalue weighted by Gasteiger charge is -2.71. The zero-order valence-electron chi connectivity index (χ0n) is 35.3. The van der Waals surface area contributed by atoms with Crippen molar-refractivity contribution in [2.24, 2.45) is 62.1 Å². The van der Waals surface area contributed by atoms with Crippen molar-refractivity contribution in [1.82, 2.24) is 25.4 Å². The summed E-state index contributed by atoms with van der Waals surface area (Å²) in [7, 11) is 1.62. The lowest BCUT2D eigenvalue weighted by Crippen LogP contribution is -2.70. The minimum atomic E-state index is -0.667. The van der Waals surface area contributed by atoms with Gasteiger partial charge in [0.05, 0.1) is 44.5 Å². The number of carbonyl (C=O) groups excluding carboxylic acids is 1. The van der Waals surface area contributed by atoms with Crippen LogP contribution in [-0.2, 0) is 14.3 Å². The minimum absolute atomic E-state index is 0.0165. The number of aliphatic hydroxyl groups is 1. The van der Waals surface area contributed by atoms with Crippen LogP contribution in [0.5, 0.6) is 0 Å². The summed E-state index contributed by atoms with van der Waals surface area (Å²) < 4.78 is 16.1. The highest BCUT2D eigenvalue weighted by Gasteiger charge is 2.73. The van der Waals surface area contributed by atoms with Crippen LogP contribution in [0.3, 0.4) is 0 Å². The Balaban J connectivity index is 1.54. The molecule has 5 aliphatic rings. The number of aromatic nitrogens is 3. The number of hydrogen-bond donors (Lipinski definition) is 4. The quantitative estimate of drug-likeness (QED) is 0.185. The predicted molar refractivity (Wildman–Crippen MR) is 209 cm³/mol. The van der Waals surface area contributed by atoms with Gasteiger partial charge in [0.2, 0.25) is 5.82 Å². The highest BCUT2D eigenvalue weighted by molar-refractivity contribution is 5.90. The lowest BCUT2D eigenvalue weighted by molar-refractivity contribution is -0.256. The summed E-state index contributed by atoms with van der Waals surface area (Å²) in [6, 6.07) is -0.305. The molecule has 11 nitrogen and oxygen atoms in total. The van der Waals surface area contributed by atoms with Crippen LogP contribution in [0.1, 0.15) is 131 Å². The molecule has 4 N–H and O–H groups in total. The van der Waals surface area contributed by atoms with Crippen LogP contribution in [0.15, 0.2) is 18.0 Å². The van der Waals surface area contributed by atoms with Gasteiger partial charge in [0, 0.05) is 24.5 Å². The number of amides is 1. The molecule has 0 radical (unpaired) electrons. The van der Waals surface area contributed by atoms with E-state index >= 15 is 0 Å². The number of nitrogens with one attached hydrogen (secondary N) is 2. The molecule has 2 bridgehead atoms. The number of fused-ring (bicyclic) bond motifs is 3. The van der Waals surface area contributed by atoms with Gasteiger partial charge in [-0.25, -0.2) is 9.67 Å². The SMILES string of the molecule is CNC(=O)c1ncnn1[C@@H]1C[C@]2(C)COC[C@@]3(C4=CC[C@@]5(C)[C@H](C(=O)O)[C@@](C)([C@H](C)C(C)C)CC[C@]5(C)[C@H]4CC[C@H]23)[C@H]1OC[C@](C)(NCCO)C(C)(C)C. The fourth-order valence-corrected chi connectivity index (χ4v) is 13.0. The number of ether oxygens (including phenoxy) is 2. The van der Waals surface area contributed by atoms with Gasteiger partial charge in [0.1, 0.15) is 6.33 Å². The van der Waals surface area contributed by atoms with E-state index in [9.17, 15) is 19.8 Å². The average Bonchev–Trinajstić information content (AvgIpc) is 3.59. The van der Waals surface area contributed by atoms with Crippen molar-refractivity contribution in [3.05, 3.63) is 23.8 Å². The maximum Gasteiger partial charge on any atom is 0.307 e. The zero-order valence-corrected chi connectivity index (χ0v) is 35.3. The normalized spacial score (nSPS) is 40.8. The standard InChI is InChI=1S/C43H71N5O6/c1-26(2)27(3)39(8)17-18-40(9)28-13-14-31-38(7)21-30(48-34(35(50)44-12)45-25-47-48)33(54-23-42(11,37(4,5)6)46-19-20-49)43(31,24-53-22-38)29(28)15-16-41(40,10)32(39)36(51)52/h15,25-28,30-33,46,49H,13-14,16-24H2,1-12H3,(H,44,50)(H,51,52)/t27-,28+,30-,31-,32-,33+,38-,39-,40-,41+,42+,43+/m1/s1. The van der Waals surface area contributed by atoms with Crippen LogP contribution >= 0.6 is 0 Å². The maximum absolute atomic E-state index is 13.6. The summed E-state index contributed by atoms with van der Waals surface area (Å²) in [5.41, 5.74) is -1.13. The Hall–Kier alpha value is -2.34. The molecular formula is C43H71N5O6. The Morgan fingerprint density at radius 2 is 1.78 bits per heavy atom. The van der Waals surface area contributed by atoms with E-state index in [1.54, 1.807) is 7.05 Å². The van der Waals surface area contributed by atoms with E-state index in [4.69, 9.17) is 14.6 Å². The van der Waals surface area contributed by atoms with Crippen molar-refractivity contribution in [1.29, 1.82) is 0 Å². The Bertz CT molecular complexity index is 1620. The number of aliphatic hydroxyl groups excluding tert-OH is 1. The number of aliphatic carboxylic acids is 1. The fraction of sp³-hybridized carbons (Fsp3) is 0.860. The average molecular weight is 754 g/mol. The molecule has 12 atom stereocenters. The van der Waals surface area contributed by atoms with Crippen LogP contribution in [0.25, 0.3) is 0 Å². The van der Waals surface area contributed by atoms with Crippen molar-refractivity contribution < 1.29 is 29.3 Å². The number of nitrogens with zero attached hydrogens (tertiary/aromatic N) is 3. The van der Waals surface area contributed by atoms with Crippen LogP contribution in [0.2, 0.25) is 0 Å². The first kappa shape index (κ1) is 41.3. The van der Waals surface area contributed by atoms with Gasteiger partial charge < -0.3 is 30.3 Å². The van der Waals surface area contributed by atoms with E-state index in [0.717, 1.165) is 25.7 Å². The molecule has 1 amide bonds. The Labute approximate surface area is 324 Å². The molecule has 6 rings (SSSR count). The topological polar surface area (TPSA) is 148 Å². The number of allylic oxidation sites excluding steroid dienone is 1. The third-order valence-corrected chi connectivity index (χ3v) is 17.2. The molecule has 0 spiro atoms. The van der Waals surface area contributed by atoms with Crippen LogP contribution in [0, 0.1) is 62.1 Å². The maximum atomic E-state index is 13.6. The molecule has 1 aliphatic heterocycles. The van der Waals surface area contributed by atoms with Gasteiger partial charge in [-0.15, -0.1) is 0 Å². The molecular weight excluding hydrogens is 683 g/mol. The highest BCUT2D eigenvalue weighted by atomic mass is 16.5. The van der Waals surface area contributed by atoms with Gasteiger partial charge in [0.15, 0.2) is 0 Å². The molecule has 4 aliphatic carbocycles. The summed E-state index contributed by atoms with van der Waals surface area (Å²) in [6.07, 6.45) is 8.75. The Morgan fingerprint density at radius 1 is 1.07 bits per heavy atom. The van der Waals surface area contributed by atoms with E-state index < -0.39 is 34.4 Å². The van der Waals surface area contributed by atoms with Gasteiger partial charge in [0.25, 0.3) is 5.91 Å². The predicted octanol–water partition coefficient (Wildman–Crippen LogP) is 6.54. The number of carboxylic acids is 1. The van der Waals surface area contributed by atoms with Gasteiger partial charge in [-0.05, 0) is 96.2 Å². The summed E-state index contributed by atoms with van der Waals surface area (Å²) in [5, 5.41) is 32.2. The first-order valence-corrected chi connectivity index (χ1v) is 20.7. The molecule has 3 saturated carbocycles. The second-order valence-electron chi connectivity index (χ2n) is 20.7. The summed E-state index contributed by atoms with van der Waals surface area (Å²) in [5.74, 6) is -0.113. The van der Waals surface area contributed by atoms with Crippen LogP contribution in [-0.4, -0.2) is 88.5 Å². The van der Waals surface area contributed by atoms with Gasteiger partial charge in [-0.3, -0.25) is 9.59 Å².